The number of benzene rings is 1. The second-order valence-corrected chi connectivity index (χ2v) is 3.15. The van der Waals surface area contributed by atoms with Gasteiger partial charge < -0.3 is 10.2 Å². The van der Waals surface area contributed by atoms with Crippen LogP contribution in [0.4, 0.5) is 0 Å². The molecule has 0 bridgehead atoms. The molecule has 1 aromatic rings. The minimum Gasteiger partial charge on any atom is -0.396 e. The van der Waals surface area contributed by atoms with E-state index in [0.717, 1.165) is 5.56 Å². The highest BCUT2D eigenvalue weighted by molar-refractivity contribution is 5.17. The van der Waals surface area contributed by atoms with Crippen molar-refractivity contribution in [3.63, 3.8) is 0 Å². The van der Waals surface area contributed by atoms with Gasteiger partial charge in [0.05, 0.1) is 6.10 Å². The van der Waals surface area contributed by atoms with Crippen molar-refractivity contribution in [3.8, 4) is 0 Å². The van der Waals surface area contributed by atoms with Crippen LogP contribution in [0.3, 0.4) is 0 Å². The van der Waals surface area contributed by atoms with E-state index >= 15 is 0 Å². The van der Waals surface area contributed by atoms with E-state index in [1.54, 1.807) is 0 Å². The Balaban J connectivity index is 2.39. The number of rotatable bonds is 5. The predicted octanol–water partition coefficient (Wildman–Crippen LogP) is 2.05. The van der Waals surface area contributed by atoms with E-state index in [0.29, 0.717) is 12.8 Å². The Bertz CT molecular complexity index is 267. The number of hydrogen-bond acceptors (Lipinski definition) is 2. The van der Waals surface area contributed by atoms with E-state index in [-0.39, 0.29) is 6.61 Å². The molecule has 0 radical (unpaired) electrons. The van der Waals surface area contributed by atoms with E-state index in [2.05, 4.69) is 0 Å². The largest absolute Gasteiger partial charge is 0.396 e. The first-order valence-corrected chi connectivity index (χ1v) is 4.83. The molecule has 0 aliphatic heterocycles. The number of aliphatic hydroxyl groups excluding tert-OH is 2. The molecular formula is C12H16O2. The van der Waals surface area contributed by atoms with E-state index in [9.17, 15) is 5.11 Å². The van der Waals surface area contributed by atoms with Crippen LogP contribution < -0.4 is 0 Å². The zero-order valence-electron chi connectivity index (χ0n) is 8.13. The second-order valence-electron chi connectivity index (χ2n) is 3.15. The van der Waals surface area contributed by atoms with Crippen LogP contribution in [0, 0.1) is 0 Å². The van der Waals surface area contributed by atoms with Gasteiger partial charge in [-0.2, -0.15) is 0 Å². The maximum atomic E-state index is 9.71. The molecule has 14 heavy (non-hydrogen) atoms. The van der Waals surface area contributed by atoms with Gasteiger partial charge in [0.25, 0.3) is 0 Å². The Morgan fingerprint density at radius 1 is 1.14 bits per heavy atom. The molecule has 2 N–H and O–H groups in total. The Morgan fingerprint density at radius 3 is 2.50 bits per heavy atom. The van der Waals surface area contributed by atoms with Crippen molar-refractivity contribution >= 4 is 0 Å². The van der Waals surface area contributed by atoms with Gasteiger partial charge in [-0.3, -0.25) is 0 Å². The standard InChI is InChI=1S/C12H16O2/c13-10-6-2-5-9-12(14)11-7-3-1-4-8-11/h1-5,7-8,12-14H,6,9-10H2/b5-2+. The minimum absolute atomic E-state index is 0.165. The first-order valence-electron chi connectivity index (χ1n) is 4.83. The summed E-state index contributed by atoms with van der Waals surface area (Å²) in [4.78, 5) is 0. The molecule has 76 valence electrons. The molecule has 2 heteroatoms. The minimum atomic E-state index is -0.439. The first kappa shape index (κ1) is 11.0. The van der Waals surface area contributed by atoms with Gasteiger partial charge in [-0.15, -0.1) is 0 Å². The lowest BCUT2D eigenvalue weighted by Crippen LogP contribution is -1.94. The van der Waals surface area contributed by atoms with E-state index in [1.165, 1.54) is 0 Å². The third-order valence-corrected chi connectivity index (χ3v) is 2.01. The maximum absolute atomic E-state index is 9.71. The number of aliphatic hydroxyl groups is 2. The zero-order chi connectivity index (χ0) is 10.2. The molecule has 0 fully saturated rings. The van der Waals surface area contributed by atoms with Crippen LogP contribution in [0.25, 0.3) is 0 Å². The highest BCUT2D eigenvalue weighted by Gasteiger charge is 2.02. The monoisotopic (exact) mass is 192 g/mol. The summed E-state index contributed by atoms with van der Waals surface area (Å²) in [5.41, 5.74) is 0.932. The normalized spacial score (nSPS) is 13.3. The molecule has 0 heterocycles. The summed E-state index contributed by atoms with van der Waals surface area (Å²) < 4.78 is 0. The summed E-state index contributed by atoms with van der Waals surface area (Å²) >= 11 is 0. The second kappa shape index (κ2) is 6.35. The Morgan fingerprint density at radius 2 is 1.86 bits per heavy atom. The molecule has 0 amide bonds. The molecule has 0 aliphatic rings. The summed E-state index contributed by atoms with van der Waals surface area (Å²) in [6, 6.07) is 9.57. The Labute approximate surface area is 84.5 Å². The van der Waals surface area contributed by atoms with Gasteiger partial charge in [-0.1, -0.05) is 42.5 Å². The van der Waals surface area contributed by atoms with Gasteiger partial charge in [-0.25, -0.2) is 0 Å². The molecule has 1 rings (SSSR count). The lowest BCUT2D eigenvalue weighted by molar-refractivity contribution is 0.181. The lowest BCUT2D eigenvalue weighted by Gasteiger charge is -2.07. The van der Waals surface area contributed by atoms with Crippen molar-refractivity contribution in [2.24, 2.45) is 0 Å². The van der Waals surface area contributed by atoms with Gasteiger partial charge in [0.2, 0.25) is 0 Å². The fourth-order valence-corrected chi connectivity index (χ4v) is 1.23. The zero-order valence-corrected chi connectivity index (χ0v) is 8.13. The Kier molecular flexibility index (Phi) is 4.97. The molecule has 0 aromatic heterocycles. The van der Waals surface area contributed by atoms with Crippen LogP contribution in [0.5, 0.6) is 0 Å². The average molecular weight is 192 g/mol. The highest BCUT2D eigenvalue weighted by Crippen LogP contribution is 2.15. The van der Waals surface area contributed by atoms with E-state index < -0.39 is 6.10 Å². The third-order valence-electron chi connectivity index (χ3n) is 2.01. The molecule has 1 atom stereocenters. The highest BCUT2D eigenvalue weighted by atomic mass is 16.3. The van der Waals surface area contributed by atoms with Crippen LogP contribution in [0.2, 0.25) is 0 Å². The third kappa shape index (κ3) is 3.73. The summed E-state index contributed by atoms with van der Waals surface area (Å²) in [6.07, 6.45) is 4.59. The predicted molar refractivity (Wildman–Crippen MR) is 56.9 cm³/mol. The van der Waals surface area contributed by atoms with Gasteiger partial charge in [-0.05, 0) is 18.4 Å². The summed E-state index contributed by atoms with van der Waals surface area (Å²) in [6.45, 7) is 0.165. The van der Waals surface area contributed by atoms with Crippen molar-refractivity contribution < 1.29 is 10.2 Å². The number of hydrogen-bond donors (Lipinski definition) is 2. The molecule has 1 unspecified atom stereocenters. The van der Waals surface area contributed by atoms with Crippen molar-refractivity contribution in [1.82, 2.24) is 0 Å². The Hall–Kier alpha value is -1.12. The van der Waals surface area contributed by atoms with Gasteiger partial charge in [0.15, 0.2) is 0 Å². The maximum Gasteiger partial charge on any atom is 0.0824 e. The lowest BCUT2D eigenvalue weighted by atomic mass is 10.1. The average Bonchev–Trinajstić information content (AvgIpc) is 2.25. The van der Waals surface area contributed by atoms with Gasteiger partial charge in [0.1, 0.15) is 0 Å². The molecule has 0 spiro atoms. The van der Waals surface area contributed by atoms with E-state index in [4.69, 9.17) is 5.11 Å². The van der Waals surface area contributed by atoms with Crippen molar-refractivity contribution in [2.45, 2.75) is 18.9 Å². The summed E-state index contributed by atoms with van der Waals surface area (Å²) in [5, 5.41) is 18.2. The summed E-state index contributed by atoms with van der Waals surface area (Å²) in [5.74, 6) is 0. The van der Waals surface area contributed by atoms with Crippen LogP contribution in [0.15, 0.2) is 42.5 Å². The van der Waals surface area contributed by atoms with Crippen LogP contribution in [-0.4, -0.2) is 16.8 Å². The molecule has 0 saturated heterocycles. The van der Waals surface area contributed by atoms with Crippen molar-refractivity contribution in [3.05, 3.63) is 48.0 Å². The molecule has 2 nitrogen and oxygen atoms in total. The molecule has 0 aliphatic carbocycles. The van der Waals surface area contributed by atoms with Crippen LogP contribution in [0.1, 0.15) is 24.5 Å². The van der Waals surface area contributed by atoms with Crippen molar-refractivity contribution in [1.29, 1.82) is 0 Å². The van der Waals surface area contributed by atoms with Crippen LogP contribution in [-0.2, 0) is 0 Å². The fourth-order valence-electron chi connectivity index (χ4n) is 1.23. The van der Waals surface area contributed by atoms with Gasteiger partial charge >= 0.3 is 0 Å². The SMILES string of the molecule is OCC/C=C/CC(O)c1ccccc1. The molecule has 1 aromatic carbocycles. The fraction of sp³-hybridized carbons (Fsp3) is 0.333. The van der Waals surface area contributed by atoms with Crippen molar-refractivity contribution in [2.75, 3.05) is 6.61 Å². The smallest absolute Gasteiger partial charge is 0.0824 e. The quantitative estimate of drug-likeness (QED) is 0.701. The molecule has 0 saturated carbocycles. The summed E-state index contributed by atoms with van der Waals surface area (Å²) in [7, 11) is 0. The topological polar surface area (TPSA) is 40.5 Å². The molecular weight excluding hydrogens is 176 g/mol. The first-order chi connectivity index (χ1) is 6.84. The van der Waals surface area contributed by atoms with Crippen LogP contribution >= 0.6 is 0 Å². The van der Waals surface area contributed by atoms with Gasteiger partial charge in [0, 0.05) is 6.61 Å². The van der Waals surface area contributed by atoms with E-state index in [1.807, 2.05) is 42.5 Å².